The molecule has 0 radical (unpaired) electrons. The van der Waals surface area contributed by atoms with Gasteiger partial charge in [-0.25, -0.2) is 8.42 Å². The van der Waals surface area contributed by atoms with Gasteiger partial charge in [-0.3, -0.25) is 4.79 Å². The minimum absolute atomic E-state index is 0.157. The predicted molar refractivity (Wildman–Crippen MR) is 75.9 cm³/mol. The van der Waals surface area contributed by atoms with Crippen LogP contribution < -0.4 is 0 Å². The number of aliphatic carboxylic acids is 1. The van der Waals surface area contributed by atoms with Crippen LogP contribution in [0.3, 0.4) is 0 Å². The van der Waals surface area contributed by atoms with Gasteiger partial charge in [-0.2, -0.15) is 4.31 Å². The lowest BCUT2D eigenvalue weighted by atomic mass is 10.0. The maximum Gasteiger partial charge on any atom is 0.304 e. The molecule has 2 rings (SSSR count). The molecule has 1 N–H and O–H groups in total. The molecule has 110 valence electrons. The van der Waals surface area contributed by atoms with E-state index >= 15 is 0 Å². The van der Waals surface area contributed by atoms with E-state index in [0.717, 1.165) is 24.0 Å². The number of hydrogen-bond acceptors (Lipinski definition) is 3. The number of hydrogen-bond donors (Lipinski definition) is 1. The Labute approximate surface area is 119 Å². The molecule has 0 saturated carbocycles. The van der Waals surface area contributed by atoms with Crippen molar-refractivity contribution in [1.82, 2.24) is 4.31 Å². The number of rotatable bonds is 5. The topological polar surface area (TPSA) is 74.7 Å². The molecular formula is C14H19NO4S. The van der Waals surface area contributed by atoms with Crippen LogP contribution in [0.1, 0.15) is 36.4 Å². The highest BCUT2D eigenvalue weighted by molar-refractivity contribution is 7.89. The number of aryl methyl sites for hydroxylation is 1. The lowest BCUT2D eigenvalue weighted by molar-refractivity contribution is -0.136. The second kappa shape index (κ2) is 5.93. The van der Waals surface area contributed by atoms with E-state index in [1.807, 2.05) is 31.2 Å². The monoisotopic (exact) mass is 297 g/mol. The van der Waals surface area contributed by atoms with Crippen LogP contribution in [0.25, 0.3) is 0 Å². The zero-order valence-electron chi connectivity index (χ0n) is 11.4. The van der Waals surface area contributed by atoms with Gasteiger partial charge >= 0.3 is 5.97 Å². The molecule has 1 aromatic carbocycles. The first kappa shape index (κ1) is 15.0. The lowest BCUT2D eigenvalue weighted by Crippen LogP contribution is -2.33. The van der Waals surface area contributed by atoms with Gasteiger partial charge in [0.1, 0.15) is 0 Å². The average Bonchev–Trinajstić information content (AvgIpc) is 2.87. The van der Waals surface area contributed by atoms with Gasteiger partial charge < -0.3 is 5.11 Å². The van der Waals surface area contributed by atoms with Crippen LogP contribution in [0.4, 0.5) is 0 Å². The van der Waals surface area contributed by atoms with Gasteiger partial charge in [0.25, 0.3) is 0 Å². The summed E-state index contributed by atoms with van der Waals surface area (Å²) in [7, 11) is -3.52. The summed E-state index contributed by atoms with van der Waals surface area (Å²) in [6, 6.07) is 7.59. The molecule has 1 fully saturated rings. The van der Waals surface area contributed by atoms with Gasteiger partial charge in [-0.15, -0.1) is 0 Å². The molecule has 1 heterocycles. The molecule has 0 aromatic heterocycles. The highest BCUT2D eigenvalue weighted by Crippen LogP contribution is 2.35. The predicted octanol–water partition coefficient (Wildman–Crippen LogP) is 1.94. The molecular weight excluding hydrogens is 278 g/mol. The number of nitrogens with zero attached hydrogens (tertiary/aromatic N) is 1. The Morgan fingerprint density at radius 3 is 2.75 bits per heavy atom. The smallest absolute Gasteiger partial charge is 0.304 e. The van der Waals surface area contributed by atoms with Gasteiger partial charge in [0, 0.05) is 12.6 Å². The molecule has 1 saturated heterocycles. The minimum Gasteiger partial charge on any atom is -0.481 e. The first-order valence-corrected chi connectivity index (χ1v) is 8.29. The largest absolute Gasteiger partial charge is 0.481 e. The fourth-order valence-electron chi connectivity index (χ4n) is 2.68. The van der Waals surface area contributed by atoms with E-state index in [1.165, 1.54) is 4.31 Å². The Bertz CT molecular complexity index is 597. The van der Waals surface area contributed by atoms with Gasteiger partial charge in [-0.05, 0) is 30.9 Å². The third-order valence-electron chi connectivity index (χ3n) is 3.68. The van der Waals surface area contributed by atoms with Crippen LogP contribution in [0.15, 0.2) is 24.3 Å². The molecule has 0 aliphatic carbocycles. The molecule has 20 heavy (non-hydrogen) atoms. The Morgan fingerprint density at radius 2 is 2.10 bits per heavy atom. The van der Waals surface area contributed by atoms with Crippen LogP contribution in [0.2, 0.25) is 0 Å². The second-order valence-corrected chi connectivity index (χ2v) is 7.13. The summed E-state index contributed by atoms with van der Waals surface area (Å²) in [5.74, 6) is -1.41. The van der Waals surface area contributed by atoms with Crippen molar-refractivity contribution in [3.05, 3.63) is 35.4 Å². The highest BCUT2D eigenvalue weighted by Gasteiger charge is 2.35. The molecule has 0 bridgehead atoms. The first-order chi connectivity index (χ1) is 9.42. The summed E-state index contributed by atoms with van der Waals surface area (Å²) >= 11 is 0. The number of benzene rings is 1. The van der Waals surface area contributed by atoms with Crippen LogP contribution in [0, 0.1) is 6.92 Å². The Morgan fingerprint density at radius 1 is 1.40 bits per heavy atom. The molecule has 1 aromatic rings. The van der Waals surface area contributed by atoms with Crippen molar-refractivity contribution in [2.24, 2.45) is 0 Å². The van der Waals surface area contributed by atoms with E-state index in [9.17, 15) is 13.2 Å². The summed E-state index contributed by atoms with van der Waals surface area (Å²) in [4.78, 5) is 10.6. The standard InChI is InChI=1S/C14H19NO4S/c1-11-5-2-3-6-12(11)13-7-4-9-15(13)20(18,19)10-8-14(16)17/h2-3,5-6,13H,4,7-10H2,1H3,(H,16,17). The zero-order chi connectivity index (χ0) is 14.8. The van der Waals surface area contributed by atoms with Crippen LogP contribution in [0.5, 0.6) is 0 Å². The van der Waals surface area contributed by atoms with Crippen molar-refractivity contribution in [3.8, 4) is 0 Å². The zero-order valence-corrected chi connectivity index (χ0v) is 12.3. The summed E-state index contributed by atoms with van der Waals surface area (Å²) in [6.45, 7) is 2.44. The summed E-state index contributed by atoms with van der Waals surface area (Å²) in [5, 5.41) is 8.66. The molecule has 5 nitrogen and oxygen atoms in total. The van der Waals surface area contributed by atoms with E-state index in [4.69, 9.17) is 5.11 Å². The van der Waals surface area contributed by atoms with Crippen molar-refractivity contribution in [2.45, 2.75) is 32.2 Å². The summed E-state index contributed by atoms with van der Waals surface area (Å²) < 4.78 is 26.1. The van der Waals surface area contributed by atoms with E-state index in [0.29, 0.717) is 6.54 Å². The number of carboxylic acid groups (broad SMARTS) is 1. The Kier molecular flexibility index (Phi) is 4.45. The van der Waals surface area contributed by atoms with Gasteiger partial charge in [0.15, 0.2) is 0 Å². The quantitative estimate of drug-likeness (QED) is 0.901. The minimum atomic E-state index is -3.52. The normalized spacial score (nSPS) is 20.1. The maximum absolute atomic E-state index is 12.3. The lowest BCUT2D eigenvalue weighted by Gasteiger charge is -2.25. The molecule has 0 amide bonds. The highest BCUT2D eigenvalue weighted by atomic mass is 32.2. The van der Waals surface area contributed by atoms with E-state index in [1.54, 1.807) is 0 Å². The molecule has 1 aliphatic heterocycles. The molecule has 1 aliphatic rings. The fraction of sp³-hybridized carbons (Fsp3) is 0.500. The van der Waals surface area contributed by atoms with Crippen molar-refractivity contribution < 1.29 is 18.3 Å². The molecule has 0 spiro atoms. The van der Waals surface area contributed by atoms with Crippen molar-refractivity contribution in [2.75, 3.05) is 12.3 Å². The third-order valence-corrected chi connectivity index (χ3v) is 5.55. The van der Waals surface area contributed by atoms with Crippen LogP contribution >= 0.6 is 0 Å². The SMILES string of the molecule is Cc1ccccc1C1CCCN1S(=O)(=O)CCC(=O)O. The maximum atomic E-state index is 12.3. The number of sulfonamides is 1. The second-order valence-electron chi connectivity index (χ2n) is 5.09. The van der Waals surface area contributed by atoms with Crippen molar-refractivity contribution in [1.29, 1.82) is 0 Å². The van der Waals surface area contributed by atoms with Gasteiger partial charge in [-0.1, -0.05) is 24.3 Å². The Balaban J connectivity index is 2.23. The Hall–Kier alpha value is -1.40. The van der Waals surface area contributed by atoms with E-state index in [2.05, 4.69) is 0 Å². The summed E-state index contributed by atoms with van der Waals surface area (Å²) in [6.07, 6.45) is 1.25. The first-order valence-electron chi connectivity index (χ1n) is 6.68. The van der Waals surface area contributed by atoms with Gasteiger partial charge in [0.05, 0.1) is 12.2 Å². The number of carbonyl (C=O) groups is 1. The fourth-order valence-corrected chi connectivity index (χ4v) is 4.36. The average molecular weight is 297 g/mol. The van der Waals surface area contributed by atoms with Crippen molar-refractivity contribution >= 4 is 16.0 Å². The third kappa shape index (κ3) is 3.19. The van der Waals surface area contributed by atoms with E-state index < -0.39 is 16.0 Å². The van der Waals surface area contributed by atoms with Crippen molar-refractivity contribution in [3.63, 3.8) is 0 Å². The summed E-state index contributed by atoms with van der Waals surface area (Å²) in [5.41, 5.74) is 2.08. The van der Waals surface area contributed by atoms with Crippen LogP contribution in [-0.2, 0) is 14.8 Å². The molecule has 6 heteroatoms. The van der Waals surface area contributed by atoms with Crippen LogP contribution in [-0.4, -0.2) is 36.1 Å². The van der Waals surface area contributed by atoms with Gasteiger partial charge in [0.2, 0.25) is 10.0 Å². The van der Waals surface area contributed by atoms with E-state index in [-0.39, 0.29) is 18.2 Å². The molecule has 1 atom stereocenters. The molecule has 1 unspecified atom stereocenters. The number of carboxylic acids is 1.